The van der Waals surface area contributed by atoms with Gasteiger partial charge in [-0.2, -0.15) is 0 Å². The monoisotopic (exact) mass is 228 g/mol. The van der Waals surface area contributed by atoms with Crippen molar-refractivity contribution in [1.82, 2.24) is 15.0 Å². The topological polar surface area (TPSA) is 131 Å². The first-order chi connectivity index (χ1) is 7.54. The summed E-state index contributed by atoms with van der Waals surface area (Å²) >= 11 is 0. The molecule has 0 fully saturated rings. The Labute approximate surface area is 90.7 Å². The summed E-state index contributed by atoms with van der Waals surface area (Å²) in [6, 6.07) is -1.02. The van der Waals surface area contributed by atoms with Crippen LogP contribution in [0.1, 0.15) is 24.6 Å². The van der Waals surface area contributed by atoms with Crippen LogP contribution in [0.5, 0.6) is 0 Å². The second kappa shape index (κ2) is 5.21. The fraction of sp³-hybridized carbons (Fsp3) is 0.500. The third-order valence-electron chi connectivity index (χ3n) is 2.00. The summed E-state index contributed by atoms with van der Waals surface area (Å²) in [5, 5.41) is 24.6. The van der Waals surface area contributed by atoms with Crippen molar-refractivity contribution in [2.75, 3.05) is 0 Å². The maximum Gasteiger partial charge on any atom is 0.328 e. The number of hydrogen-bond acceptors (Lipinski definition) is 5. The second-order valence-corrected chi connectivity index (χ2v) is 3.18. The molecule has 8 nitrogen and oxygen atoms in total. The Hall–Kier alpha value is -1.96. The van der Waals surface area contributed by atoms with Gasteiger partial charge >= 0.3 is 11.9 Å². The minimum atomic E-state index is -1.14. The summed E-state index contributed by atoms with van der Waals surface area (Å²) in [6.45, 7) is 0.158. The van der Waals surface area contributed by atoms with Crippen LogP contribution in [0.3, 0.4) is 0 Å². The van der Waals surface area contributed by atoms with E-state index in [9.17, 15) is 9.59 Å². The highest BCUT2D eigenvalue weighted by Gasteiger charge is 2.21. The first-order valence-electron chi connectivity index (χ1n) is 4.60. The van der Waals surface area contributed by atoms with Crippen molar-refractivity contribution in [3.63, 3.8) is 0 Å². The summed E-state index contributed by atoms with van der Waals surface area (Å²) in [7, 11) is 0. The van der Waals surface area contributed by atoms with E-state index in [2.05, 4.69) is 10.3 Å². The average Bonchev–Trinajstić information content (AvgIpc) is 2.65. The first kappa shape index (κ1) is 12.1. The quantitative estimate of drug-likeness (QED) is 0.582. The lowest BCUT2D eigenvalue weighted by molar-refractivity contribution is -0.142. The Kier molecular flexibility index (Phi) is 3.95. The summed E-state index contributed by atoms with van der Waals surface area (Å²) in [5.74, 6) is -2.19. The maximum atomic E-state index is 10.9. The van der Waals surface area contributed by atoms with Crippen molar-refractivity contribution in [2.24, 2.45) is 5.73 Å². The predicted molar refractivity (Wildman–Crippen MR) is 51.5 cm³/mol. The van der Waals surface area contributed by atoms with Crippen molar-refractivity contribution in [2.45, 2.75) is 25.4 Å². The number of carbonyl (C=O) groups is 2. The van der Waals surface area contributed by atoms with E-state index >= 15 is 0 Å². The molecule has 0 aromatic carbocycles. The molecule has 88 valence electrons. The minimum Gasteiger partial charge on any atom is -0.481 e. The van der Waals surface area contributed by atoms with Crippen LogP contribution in [0.4, 0.5) is 0 Å². The summed E-state index contributed by atoms with van der Waals surface area (Å²) in [6.07, 6.45) is 1.12. The molecular weight excluding hydrogens is 216 g/mol. The third kappa shape index (κ3) is 3.02. The van der Waals surface area contributed by atoms with E-state index in [0.717, 1.165) is 4.68 Å². The molecule has 4 N–H and O–H groups in total. The first-order valence-corrected chi connectivity index (χ1v) is 4.60. The molecule has 0 radical (unpaired) electrons. The molecule has 0 saturated heterocycles. The van der Waals surface area contributed by atoms with Crippen molar-refractivity contribution in [3.8, 4) is 0 Å². The molecule has 0 bridgehead atoms. The maximum absolute atomic E-state index is 10.9. The van der Waals surface area contributed by atoms with Gasteiger partial charge in [0.15, 0.2) is 6.04 Å². The Bertz CT molecular complexity index is 389. The Morgan fingerprint density at radius 2 is 2.19 bits per heavy atom. The van der Waals surface area contributed by atoms with Gasteiger partial charge in [-0.15, -0.1) is 5.10 Å². The van der Waals surface area contributed by atoms with Gasteiger partial charge in [-0.05, 0) is 6.42 Å². The highest BCUT2D eigenvalue weighted by atomic mass is 16.4. The van der Waals surface area contributed by atoms with Crippen LogP contribution in [-0.2, 0) is 16.1 Å². The number of rotatable bonds is 6. The van der Waals surface area contributed by atoms with E-state index < -0.39 is 18.0 Å². The van der Waals surface area contributed by atoms with Crippen molar-refractivity contribution in [3.05, 3.63) is 11.9 Å². The number of nitrogens with two attached hydrogens (primary N) is 1. The molecule has 0 aliphatic heterocycles. The predicted octanol–water partition coefficient (Wildman–Crippen LogP) is -0.773. The molecule has 1 heterocycles. The Morgan fingerprint density at radius 1 is 1.50 bits per heavy atom. The molecule has 0 aliphatic rings. The second-order valence-electron chi connectivity index (χ2n) is 3.18. The molecule has 1 aromatic heterocycles. The van der Waals surface area contributed by atoms with Crippen LogP contribution in [0.2, 0.25) is 0 Å². The van der Waals surface area contributed by atoms with Gasteiger partial charge in [0.25, 0.3) is 0 Å². The van der Waals surface area contributed by atoms with Gasteiger partial charge in [0.2, 0.25) is 0 Å². The zero-order valence-electron chi connectivity index (χ0n) is 8.41. The van der Waals surface area contributed by atoms with Gasteiger partial charge < -0.3 is 15.9 Å². The molecule has 16 heavy (non-hydrogen) atoms. The van der Waals surface area contributed by atoms with Gasteiger partial charge in [0.05, 0.1) is 11.9 Å². The molecule has 1 unspecified atom stereocenters. The minimum absolute atomic E-state index is 0.0436. The van der Waals surface area contributed by atoms with E-state index in [4.69, 9.17) is 15.9 Å². The fourth-order valence-electron chi connectivity index (χ4n) is 1.19. The molecule has 1 aromatic rings. The van der Waals surface area contributed by atoms with Crippen LogP contribution in [0.15, 0.2) is 6.20 Å². The SMILES string of the molecule is NCc1cn(C(CCC(=O)O)C(=O)O)nn1. The van der Waals surface area contributed by atoms with Crippen molar-refractivity contribution < 1.29 is 19.8 Å². The Balaban J connectivity index is 2.76. The smallest absolute Gasteiger partial charge is 0.328 e. The van der Waals surface area contributed by atoms with Crippen molar-refractivity contribution >= 4 is 11.9 Å². The molecule has 8 heteroatoms. The molecule has 0 amide bonds. The van der Waals surface area contributed by atoms with Crippen molar-refractivity contribution in [1.29, 1.82) is 0 Å². The van der Waals surface area contributed by atoms with Gasteiger partial charge in [-0.3, -0.25) is 4.79 Å². The number of carboxylic acid groups (broad SMARTS) is 2. The fourth-order valence-corrected chi connectivity index (χ4v) is 1.19. The highest BCUT2D eigenvalue weighted by molar-refractivity contribution is 5.73. The van der Waals surface area contributed by atoms with E-state index in [-0.39, 0.29) is 19.4 Å². The average molecular weight is 228 g/mol. The van der Waals surface area contributed by atoms with Crippen LogP contribution in [0, 0.1) is 0 Å². The molecule has 1 rings (SSSR count). The molecule has 0 spiro atoms. The van der Waals surface area contributed by atoms with E-state index in [1.807, 2.05) is 0 Å². The lowest BCUT2D eigenvalue weighted by atomic mass is 10.1. The number of hydrogen-bond donors (Lipinski definition) is 3. The molecule has 0 saturated carbocycles. The molecule has 1 atom stereocenters. The van der Waals surface area contributed by atoms with Gasteiger partial charge in [0.1, 0.15) is 0 Å². The van der Waals surface area contributed by atoms with Gasteiger partial charge in [-0.1, -0.05) is 5.21 Å². The van der Waals surface area contributed by atoms with Crippen LogP contribution < -0.4 is 5.73 Å². The number of aliphatic carboxylic acids is 2. The lowest BCUT2D eigenvalue weighted by Crippen LogP contribution is -2.20. The molecular formula is C8H12N4O4. The normalized spacial score (nSPS) is 12.3. The summed E-state index contributed by atoms with van der Waals surface area (Å²) in [5.41, 5.74) is 5.76. The number of aromatic nitrogens is 3. The highest BCUT2D eigenvalue weighted by Crippen LogP contribution is 2.13. The van der Waals surface area contributed by atoms with Crippen LogP contribution >= 0.6 is 0 Å². The van der Waals surface area contributed by atoms with E-state index in [1.54, 1.807) is 0 Å². The zero-order valence-corrected chi connectivity index (χ0v) is 8.41. The van der Waals surface area contributed by atoms with Gasteiger partial charge in [0, 0.05) is 13.0 Å². The van der Waals surface area contributed by atoms with Crippen LogP contribution in [-0.4, -0.2) is 37.1 Å². The van der Waals surface area contributed by atoms with Crippen LogP contribution in [0.25, 0.3) is 0 Å². The summed E-state index contributed by atoms with van der Waals surface area (Å²) in [4.78, 5) is 21.3. The number of nitrogens with zero attached hydrogens (tertiary/aromatic N) is 3. The number of carboxylic acids is 2. The Morgan fingerprint density at radius 3 is 2.62 bits per heavy atom. The van der Waals surface area contributed by atoms with Gasteiger partial charge in [-0.25, -0.2) is 9.48 Å². The van der Waals surface area contributed by atoms with E-state index in [0.29, 0.717) is 5.69 Å². The summed E-state index contributed by atoms with van der Waals surface area (Å²) < 4.78 is 1.12. The lowest BCUT2D eigenvalue weighted by Gasteiger charge is -2.09. The zero-order chi connectivity index (χ0) is 12.1. The third-order valence-corrected chi connectivity index (χ3v) is 2.00. The largest absolute Gasteiger partial charge is 0.481 e. The standard InChI is InChI=1S/C8H12N4O4/c9-3-5-4-12(11-10-5)6(8(15)16)1-2-7(13)14/h4,6H,1-3,9H2,(H,13,14)(H,15,16). The molecule has 0 aliphatic carbocycles. The van der Waals surface area contributed by atoms with E-state index in [1.165, 1.54) is 6.20 Å².